The van der Waals surface area contributed by atoms with Crippen molar-refractivity contribution >= 4 is 45.0 Å². The fourth-order valence-corrected chi connectivity index (χ4v) is 4.36. The van der Waals surface area contributed by atoms with Gasteiger partial charge in [0.25, 0.3) is 5.91 Å². The zero-order valence-electron chi connectivity index (χ0n) is 14.9. The summed E-state index contributed by atoms with van der Waals surface area (Å²) in [7, 11) is 0. The number of aromatic nitrogens is 5. The second kappa shape index (κ2) is 7.30. The van der Waals surface area contributed by atoms with Crippen molar-refractivity contribution in [2.75, 3.05) is 6.54 Å². The second-order valence-electron chi connectivity index (χ2n) is 6.31. The number of benzene rings is 2. The summed E-state index contributed by atoms with van der Waals surface area (Å²) in [6, 6.07) is 11.7. The molecule has 1 amide bonds. The SMILES string of the molecule is O=C(NCCc1csc2nc(-c3ccccc3F)nn12)c1ccc2nsnc2c1. The predicted molar refractivity (Wildman–Crippen MR) is 110 cm³/mol. The predicted octanol–water partition coefficient (Wildman–Crippen LogP) is 3.57. The third kappa shape index (κ3) is 3.36. The number of carbonyl (C=O) groups excluding carboxylic acids is 1. The highest BCUT2D eigenvalue weighted by Crippen LogP contribution is 2.23. The van der Waals surface area contributed by atoms with E-state index in [1.54, 1.807) is 40.9 Å². The Balaban J connectivity index is 1.29. The highest BCUT2D eigenvalue weighted by molar-refractivity contribution is 7.15. The van der Waals surface area contributed by atoms with Crippen molar-refractivity contribution in [3.8, 4) is 11.4 Å². The number of fused-ring (bicyclic) bond motifs is 2. The Labute approximate surface area is 172 Å². The minimum atomic E-state index is -0.355. The molecule has 0 fully saturated rings. The summed E-state index contributed by atoms with van der Waals surface area (Å²) in [6.07, 6.45) is 0.576. The lowest BCUT2D eigenvalue weighted by atomic mass is 10.2. The molecule has 1 N–H and O–H groups in total. The van der Waals surface area contributed by atoms with E-state index in [0.717, 1.165) is 22.9 Å². The van der Waals surface area contributed by atoms with Crippen LogP contribution in [0.5, 0.6) is 0 Å². The molecule has 7 nitrogen and oxygen atoms in total. The lowest BCUT2D eigenvalue weighted by Gasteiger charge is -2.04. The monoisotopic (exact) mass is 424 g/mol. The molecule has 0 unspecified atom stereocenters. The molecule has 0 aliphatic carbocycles. The van der Waals surface area contributed by atoms with Crippen LogP contribution in [0.1, 0.15) is 16.1 Å². The minimum absolute atomic E-state index is 0.169. The summed E-state index contributed by atoms with van der Waals surface area (Å²) >= 11 is 2.56. The van der Waals surface area contributed by atoms with Gasteiger partial charge in [-0.3, -0.25) is 4.79 Å². The average molecular weight is 424 g/mol. The summed E-state index contributed by atoms with van der Waals surface area (Å²) in [5.74, 6) is -0.172. The molecule has 0 radical (unpaired) electrons. The Morgan fingerprint density at radius 3 is 2.90 bits per heavy atom. The van der Waals surface area contributed by atoms with E-state index in [1.807, 2.05) is 5.38 Å². The van der Waals surface area contributed by atoms with Crippen molar-refractivity contribution in [1.82, 2.24) is 28.7 Å². The largest absolute Gasteiger partial charge is 0.352 e. The number of nitrogens with one attached hydrogen (secondary N) is 1. The smallest absolute Gasteiger partial charge is 0.251 e. The maximum atomic E-state index is 14.0. The van der Waals surface area contributed by atoms with E-state index in [4.69, 9.17) is 0 Å². The molecule has 5 aromatic rings. The normalized spacial score (nSPS) is 11.3. The van der Waals surface area contributed by atoms with E-state index in [-0.39, 0.29) is 11.7 Å². The van der Waals surface area contributed by atoms with Crippen LogP contribution in [0.4, 0.5) is 4.39 Å². The van der Waals surface area contributed by atoms with E-state index in [0.29, 0.717) is 40.4 Å². The second-order valence-corrected chi connectivity index (χ2v) is 7.68. The molecule has 0 atom stereocenters. The van der Waals surface area contributed by atoms with Crippen LogP contribution in [-0.4, -0.2) is 35.8 Å². The fourth-order valence-electron chi connectivity index (χ4n) is 2.98. The first-order valence-corrected chi connectivity index (χ1v) is 10.4. The number of hydrogen-bond donors (Lipinski definition) is 1. The molecule has 2 aromatic carbocycles. The average Bonchev–Trinajstić information content (AvgIpc) is 3.44. The highest BCUT2D eigenvalue weighted by Gasteiger charge is 2.14. The molecule has 10 heteroatoms. The van der Waals surface area contributed by atoms with Gasteiger partial charge >= 0.3 is 0 Å². The lowest BCUT2D eigenvalue weighted by Crippen LogP contribution is -2.26. The molecule has 3 heterocycles. The molecule has 0 aliphatic heterocycles. The van der Waals surface area contributed by atoms with Crippen LogP contribution in [0.3, 0.4) is 0 Å². The van der Waals surface area contributed by atoms with Gasteiger partial charge in [-0.15, -0.1) is 16.4 Å². The quantitative estimate of drug-likeness (QED) is 0.466. The van der Waals surface area contributed by atoms with Gasteiger partial charge in [-0.05, 0) is 30.3 Å². The molecule has 144 valence electrons. The number of amides is 1. The summed E-state index contributed by atoms with van der Waals surface area (Å²) in [4.78, 5) is 17.5. The Morgan fingerprint density at radius 1 is 1.14 bits per heavy atom. The number of nitrogens with zero attached hydrogens (tertiary/aromatic N) is 5. The van der Waals surface area contributed by atoms with Crippen molar-refractivity contribution in [3.05, 3.63) is 64.9 Å². The zero-order valence-corrected chi connectivity index (χ0v) is 16.5. The summed E-state index contributed by atoms with van der Waals surface area (Å²) < 4.78 is 24.0. The van der Waals surface area contributed by atoms with Crippen LogP contribution in [-0.2, 0) is 6.42 Å². The van der Waals surface area contributed by atoms with Crippen molar-refractivity contribution in [2.45, 2.75) is 6.42 Å². The van der Waals surface area contributed by atoms with Crippen molar-refractivity contribution in [1.29, 1.82) is 0 Å². The van der Waals surface area contributed by atoms with E-state index >= 15 is 0 Å². The molecule has 29 heavy (non-hydrogen) atoms. The standard InChI is InChI=1S/C19H13FN6OS2/c20-14-4-2-1-3-13(14)17-22-19-26(23-17)12(10-28-19)7-8-21-18(27)11-5-6-15-16(9-11)25-29-24-15/h1-6,9-10H,7-8H2,(H,21,27). The topological polar surface area (TPSA) is 85.1 Å². The lowest BCUT2D eigenvalue weighted by molar-refractivity contribution is 0.0954. The molecule has 0 saturated heterocycles. The Hall–Kier alpha value is -3.24. The molecule has 0 saturated carbocycles. The summed E-state index contributed by atoms with van der Waals surface area (Å²) in [5.41, 5.74) is 3.31. The molecule has 0 aliphatic rings. The van der Waals surface area contributed by atoms with E-state index in [1.165, 1.54) is 17.4 Å². The number of hydrogen-bond acceptors (Lipinski definition) is 7. The molecule has 0 bridgehead atoms. The Morgan fingerprint density at radius 2 is 2.00 bits per heavy atom. The summed E-state index contributed by atoms with van der Waals surface area (Å²) in [5, 5.41) is 9.29. The molecular weight excluding hydrogens is 411 g/mol. The van der Waals surface area contributed by atoms with Crippen LogP contribution in [0.2, 0.25) is 0 Å². The molecular formula is C19H13FN6OS2. The van der Waals surface area contributed by atoms with Crippen LogP contribution < -0.4 is 5.32 Å². The maximum Gasteiger partial charge on any atom is 0.251 e. The summed E-state index contributed by atoms with van der Waals surface area (Å²) in [6.45, 7) is 0.437. The van der Waals surface area contributed by atoms with Crippen molar-refractivity contribution in [2.24, 2.45) is 0 Å². The van der Waals surface area contributed by atoms with Crippen LogP contribution >= 0.6 is 23.1 Å². The fraction of sp³-hybridized carbons (Fsp3) is 0.105. The van der Waals surface area contributed by atoms with E-state index in [2.05, 4.69) is 24.1 Å². The number of rotatable bonds is 5. The van der Waals surface area contributed by atoms with Crippen LogP contribution in [0.25, 0.3) is 27.4 Å². The Bertz CT molecular complexity index is 1340. The van der Waals surface area contributed by atoms with Crippen LogP contribution in [0, 0.1) is 5.82 Å². The van der Waals surface area contributed by atoms with Gasteiger partial charge in [-0.1, -0.05) is 12.1 Å². The van der Waals surface area contributed by atoms with E-state index < -0.39 is 0 Å². The Kier molecular flexibility index (Phi) is 4.49. The van der Waals surface area contributed by atoms with Gasteiger partial charge in [0, 0.05) is 23.9 Å². The van der Waals surface area contributed by atoms with Crippen LogP contribution in [0.15, 0.2) is 47.8 Å². The van der Waals surface area contributed by atoms with E-state index in [9.17, 15) is 9.18 Å². The first-order chi connectivity index (χ1) is 14.2. The third-order valence-corrected chi connectivity index (χ3v) is 5.87. The molecule has 0 spiro atoms. The highest BCUT2D eigenvalue weighted by atomic mass is 32.1. The minimum Gasteiger partial charge on any atom is -0.352 e. The number of halogens is 1. The maximum absolute atomic E-state index is 14.0. The van der Waals surface area contributed by atoms with Gasteiger partial charge in [0.05, 0.1) is 23.0 Å². The van der Waals surface area contributed by atoms with Crippen molar-refractivity contribution in [3.63, 3.8) is 0 Å². The van der Waals surface area contributed by atoms with Crippen molar-refractivity contribution < 1.29 is 9.18 Å². The van der Waals surface area contributed by atoms with Gasteiger partial charge in [0.1, 0.15) is 16.9 Å². The number of carbonyl (C=O) groups is 1. The molecule has 5 rings (SSSR count). The van der Waals surface area contributed by atoms with Gasteiger partial charge in [0.2, 0.25) is 4.96 Å². The number of thiazole rings is 1. The zero-order chi connectivity index (χ0) is 19.8. The molecule has 3 aromatic heterocycles. The first kappa shape index (κ1) is 17.8. The first-order valence-electron chi connectivity index (χ1n) is 8.77. The third-order valence-electron chi connectivity index (χ3n) is 4.45. The van der Waals surface area contributed by atoms with Gasteiger partial charge in [0.15, 0.2) is 5.82 Å². The van der Waals surface area contributed by atoms with Gasteiger partial charge in [-0.2, -0.15) is 13.7 Å². The van der Waals surface area contributed by atoms with Gasteiger partial charge in [-0.25, -0.2) is 8.91 Å². The van der Waals surface area contributed by atoms with Gasteiger partial charge < -0.3 is 5.32 Å².